The van der Waals surface area contributed by atoms with E-state index in [-0.39, 0.29) is 11.8 Å². The van der Waals surface area contributed by atoms with Crippen molar-refractivity contribution in [3.63, 3.8) is 0 Å². The summed E-state index contributed by atoms with van der Waals surface area (Å²) < 4.78 is 0. The Hall–Kier alpha value is -1.22. The number of likely N-dealkylation sites (N-methyl/N-ethyl adjacent to an activating group) is 1. The van der Waals surface area contributed by atoms with Crippen LogP contribution >= 0.6 is 0 Å². The number of Topliss-reactive ketones (excluding diaryl/α,β-unsaturated/α-hetero) is 1. The first kappa shape index (κ1) is 9.34. The first-order chi connectivity index (χ1) is 6.70. The standard InChI is InChI=1S/C11H14N2O/c1-8(14)11-10-3-5-12-7-9(10)4-6-13(11)2/h3,5,7,11H,4,6H2,1-2H3. The zero-order valence-corrected chi connectivity index (χ0v) is 8.53. The lowest BCUT2D eigenvalue weighted by molar-refractivity contribution is -0.122. The van der Waals surface area contributed by atoms with Crippen molar-refractivity contribution in [1.29, 1.82) is 0 Å². The van der Waals surface area contributed by atoms with Gasteiger partial charge in [-0.05, 0) is 37.6 Å². The topological polar surface area (TPSA) is 33.2 Å². The van der Waals surface area contributed by atoms with Gasteiger partial charge in [-0.2, -0.15) is 0 Å². The second-order valence-electron chi connectivity index (χ2n) is 3.82. The van der Waals surface area contributed by atoms with Crippen LogP contribution in [0.1, 0.15) is 24.1 Å². The minimum Gasteiger partial charge on any atom is -0.298 e. The van der Waals surface area contributed by atoms with Crippen LogP contribution < -0.4 is 0 Å². The minimum absolute atomic E-state index is 0.0678. The Morgan fingerprint density at radius 1 is 1.64 bits per heavy atom. The molecule has 0 spiro atoms. The van der Waals surface area contributed by atoms with Crippen molar-refractivity contribution in [2.45, 2.75) is 19.4 Å². The van der Waals surface area contributed by atoms with Crippen molar-refractivity contribution in [2.24, 2.45) is 0 Å². The molecule has 0 saturated carbocycles. The fourth-order valence-corrected chi connectivity index (χ4v) is 2.11. The summed E-state index contributed by atoms with van der Waals surface area (Å²) in [5.74, 6) is 0.208. The molecule has 0 fully saturated rings. The van der Waals surface area contributed by atoms with E-state index in [0.717, 1.165) is 18.5 Å². The first-order valence-electron chi connectivity index (χ1n) is 4.83. The number of carbonyl (C=O) groups is 1. The fraction of sp³-hybridized carbons (Fsp3) is 0.455. The predicted octanol–water partition coefficient (Wildman–Crippen LogP) is 1.20. The maximum atomic E-state index is 11.5. The van der Waals surface area contributed by atoms with Crippen molar-refractivity contribution in [2.75, 3.05) is 13.6 Å². The maximum Gasteiger partial charge on any atom is 0.151 e. The molecule has 2 heterocycles. The molecule has 1 unspecified atom stereocenters. The van der Waals surface area contributed by atoms with Gasteiger partial charge in [0.05, 0.1) is 6.04 Å². The molecule has 74 valence electrons. The predicted molar refractivity (Wildman–Crippen MR) is 54.0 cm³/mol. The van der Waals surface area contributed by atoms with Crippen LogP contribution in [0.2, 0.25) is 0 Å². The molecule has 3 nitrogen and oxygen atoms in total. The summed E-state index contributed by atoms with van der Waals surface area (Å²) in [6, 6.07) is 1.89. The third kappa shape index (κ3) is 1.44. The minimum atomic E-state index is -0.0678. The highest BCUT2D eigenvalue weighted by Crippen LogP contribution is 2.28. The normalized spacial score (nSPS) is 21.7. The van der Waals surface area contributed by atoms with Crippen molar-refractivity contribution < 1.29 is 4.79 Å². The summed E-state index contributed by atoms with van der Waals surface area (Å²) in [6.07, 6.45) is 4.62. The monoisotopic (exact) mass is 190 g/mol. The second-order valence-corrected chi connectivity index (χ2v) is 3.82. The molecule has 1 aliphatic rings. The molecular formula is C11H14N2O. The fourth-order valence-electron chi connectivity index (χ4n) is 2.11. The Morgan fingerprint density at radius 2 is 2.43 bits per heavy atom. The smallest absolute Gasteiger partial charge is 0.151 e. The number of carbonyl (C=O) groups excluding carboxylic acids is 1. The molecule has 0 N–H and O–H groups in total. The van der Waals surface area contributed by atoms with E-state index in [1.54, 1.807) is 13.1 Å². The van der Waals surface area contributed by atoms with Gasteiger partial charge in [-0.3, -0.25) is 14.7 Å². The first-order valence-corrected chi connectivity index (χ1v) is 4.83. The molecule has 14 heavy (non-hydrogen) atoms. The molecule has 0 saturated heterocycles. The summed E-state index contributed by atoms with van der Waals surface area (Å²) in [4.78, 5) is 17.7. The lowest BCUT2D eigenvalue weighted by Gasteiger charge is -2.32. The van der Waals surface area contributed by atoms with Gasteiger partial charge >= 0.3 is 0 Å². The third-order valence-corrected chi connectivity index (χ3v) is 2.80. The molecule has 3 heteroatoms. The van der Waals surface area contributed by atoms with Crippen LogP contribution in [0.3, 0.4) is 0 Å². The third-order valence-electron chi connectivity index (χ3n) is 2.80. The second kappa shape index (κ2) is 3.50. The number of aromatic nitrogens is 1. The Labute approximate surface area is 83.8 Å². The zero-order chi connectivity index (χ0) is 10.1. The van der Waals surface area contributed by atoms with E-state index in [1.807, 2.05) is 19.3 Å². The summed E-state index contributed by atoms with van der Waals surface area (Å²) in [6.45, 7) is 2.58. The van der Waals surface area contributed by atoms with Gasteiger partial charge in [0.1, 0.15) is 0 Å². The van der Waals surface area contributed by atoms with Crippen LogP contribution in [0.25, 0.3) is 0 Å². The molecule has 0 aromatic carbocycles. The number of ketones is 1. The van der Waals surface area contributed by atoms with Gasteiger partial charge in [0.2, 0.25) is 0 Å². The Morgan fingerprint density at radius 3 is 3.14 bits per heavy atom. The van der Waals surface area contributed by atoms with Crippen LogP contribution in [0.4, 0.5) is 0 Å². The maximum absolute atomic E-state index is 11.5. The van der Waals surface area contributed by atoms with E-state index in [0.29, 0.717) is 0 Å². The van der Waals surface area contributed by atoms with Gasteiger partial charge in [-0.15, -0.1) is 0 Å². The number of hydrogen-bond acceptors (Lipinski definition) is 3. The van der Waals surface area contributed by atoms with Crippen molar-refractivity contribution in [3.8, 4) is 0 Å². The number of hydrogen-bond donors (Lipinski definition) is 0. The number of pyridine rings is 1. The molecule has 1 aromatic rings. The van der Waals surface area contributed by atoms with Crippen LogP contribution in [0.5, 0.6) is 0 Å². The molecule has 0 radical (unpaired) electrons. The van der Waals surface area contributed by atoms with Crippen LogP contribution in [0.15, 0.2) is 18.5 Å². The summed E-state index contributed by atoms with van der Waals surface area (Å²) in [5.41, 5.74) is 2.34. The molecule has 1 aromatic heterocycles. The Kier molecular flexibility index (Phi) is 2.33. The lowest BCUT2D eigenvalue weighted by atomic mass is 9.93. The van der Waals surface area contributed by atoms with Gasteiger partial charge in [-0.25, -0.2) is 0 Å². The SMILES string of the molecule is CC(=O)C1c2ccncc2CCN1C. The zero-order valence-electron chi connectivity index (χ0n) is 8.53. The van der Waals surface area contributed by atoms with Crippen molar-refractivity contribution >= 4 is 5.78 Å². The number of rotatable bonds is 1. The highest BCUT2D eigenvalue weighted by atomic mass is 16.1. The molecule has 1 aliphatic heterocycles. The van der Waals surface area contributed by atoms with Gasteiger partial charge in [0.25, 0.3) is 0 Å². The van der Waals surface area contributed by atoms with E-state index in [4.69, 9.17) is 0 Å². The Bertz CT molecular complexity index is 362. The van der Waals surface area contributed by atoms with Gasteiger partial charge in [-0.1, -0.05) is 0 Å². The van der Waals surface area contributed by atoms with Crippen molar-refractivity contribution in [1.82, 2.24) is 9.88 Å². The lowest BCUT2D eigenvalue weighted by Crippen LogP contribution is -2.36. The van der Waals surface area contributed by atoms with Crippen LogP contribution in [0, 0.1) is 0 Å². The molecule has 1 atom stereocenters. The van der Waals surface area contributed by atoms with Gasteiger partial charge < -0.3 is 0 Å². The number of nitrogens with zero attached hydrogens (tertiary/aromatic N) is 2. The van der Waals surface area contributed by atoms with Gasteiger partial charge in [0.15, 0.2) is 5.78 Å². The average Bonchev–Trinajstić information content (AvgIpc) is 2.17. The van der Waals surface area contributed by atoms with E-state index >= 15 is 0 Å². The molecule has 0 amide bonds. The molecular weight excluding hydrogens is 176 g/mol. The van der Waals surface area contributed by atoms with E-state index in [9.17, 15) is 4.79 Å². The summed E-state index contributed by atoms with van der Waals surface area (Å²) in [5, 5.41) is 0. The number of fused-ring (bicyclic) bond motifs is 1. The molecule has 2 rings (SSSR count). The van der Waals surface area contributed by atoms with E-state index in [1.165, 1.54) is 5.56 Å². The van der Waals surface area contributed by atoms with Crippen molar-refractivity contribution in [3.05, 3.63) is 29.6 Å². The Balaban J connectivity index is 2.46. The highest BCUT2D eigenvalue weighted by molar-refractivity contribution is 5.83. The quantitative estimate of drug-likeness (QED) is 0.667. The summed E-state index contributed by atoms with van der Waals surface area (Å²) in [7, 11) is 2.00. The van der Waals surface area contributed by atoms with Crippen LogP contribution in [-0.2, 0) is 11.2 Å². The summed E-state index contributed by atoms with van der Waals surface area (Å²) >= 11 is 0. The van der Waals surface area contributed by atoms with E-state index < -0.39 is 0 Å². The molecule has 0 aliphatic carbocycles. The van der Waals surface area contributed by atoms with Crippen LogP contribution in [-0.4, -0.2) is 29.3 Å². The van der Waals surface area contributed by atoms with Gasteiger partial charge in [0, 0.05) is 18.9 Å². The van der Waals surface area contributed by atoms with E-state index in [2.05, 4.69) is 9.88 Å². The highest BCUT2D eigenvalue weighted by Gasteiger charge is 2.27. The molecule has 0 bridgehead atoms. The largest absolute Gasteiger partial charge is 0.298 e. The average molecular weight is 190 g/mol.